The molecule has 0 bridgehead atoms. The van der Waals surface area contributed by atoms with Gasteiger partial charge in [0.05, 0.1) is 4.47 Å². The standard InChI is InChI=1S/C13H6BrF15N2O/c1-4-30-2-5(14)6(31-4)32-3-7(15,16)8(17,18)9(19,20)10(21,22)11(23,24)12(25,26)13(27,28)29/h2H,3H2,1H3. The van der Waals surface area contributed by atoms with Crippen molar-refractivity contribution >= 4 is 15.9 Å². The highest BCUT2D eigenvalue weighted by molar-refractivity contribution is 9.10. The Hall–Kier alpha value is -1.69. The minimum atomic E-state index is -8.34. The molecular weight excluding hydrogens is 565 g/mol. The Morgan fingerprint density at radius 2 is 1.12 bits per heavy atom. The van der Waals surface area contributed by atoms with Crippen molar-refractivity contribution in [1.29, 1.82) is 0 Å². The van der Waals surface area contributed by atoms with E-state index in [4.69, 9.17) is 0 Å². The van der Waals surface area contributed by atoms with Gasteiger partial charge >= 0.3 is 41.7 Å². The molecule has 1 rings (SSSR count). The van der Waals surface area contributed by atoms with Crippen molar-refractivity contribution in [2.75, 3.05) is 6.61 Å². The molecule has 0 saturated carbocycles. The molecule has 0 N–H and O–H groups in total. The number of aromatic nitrogens is 2. The Morgan fingerprint density at radius 1 is 0.719 bits per heavy atom. The second-order valence-corrected chi connectivity index (χ2v) is 6.79. The summed E-state index contributed by atoms with van der Waals surface area (Å²) < 4.78 is 199. The maximum atomic E-state index is 13.7. The summed E-state index contributed by atoms with van der Waals surface area (Å²) in [7, 11) is 0. The number of aryl methyl sites for hydroxylation is 1. The zero-order chi connectivity index (χ0) is 25.8. The molecular formula is C13H6BrF15N2O. The van der Waals surface area contributed by atoms with Gasteiger partial charge < -0.3 is 4.74 Å². The number of nitrogens with zero attached hydrogens (tertiary/aromatic N) is 2. The molecule has 0 fully saturated rings. The molecule has 186 valence electrons. The van der Waals surface area contributed by atoms with Gasteiger partial charge in [0.25, 0.3) is 0 Å². The first kappa shape index (κ1) is 28.3. The minimum Gasteiger partial charge on any atom is -0.470 e. The van der Waals surface area contributed by atoms with Gasteiger partial charge in [-0.3, -0.25) is 0 Å². The fraction of sp³-hybridized carbons (Fsp3) is 0.692. The number of hydrogen-bond donors (Lipinski definition) is 0. The van der Waals surface area contributed by atoms with E-state index in [1.165, 1.54) is 0 Å². The molecule has 3 nitrogen and oxygen atoms in total. The van der Waals surface area contributed by atoms with Gasteiger partial charge in [-0.15, -0.1) is 0 Å². The minimum absolute atomic E-state index is 0.274. The molecule has 1 aromatic rings. The van der Waals surface area contributed by atoms with Crippen LogP contribution < -0.4 is 4.74 Å². The van der Waals surface area contributed by atoms with E-state index in [0.29, 0.717) is 0 Å². The molecule has 0 aliphatic heterocycles. The van der Waals surface area contributed by atoms with E-state index >= 15 is 0 Å². The van der Waals surface area contributed by atoms with E-state index in [1.807, 2.05) is 0 Å². The van der Waals surface area contributed by atoms with Gasteiger partial charge in [-0.05, 0) is 22.9 Å². The van der Waals surface area contributed by atoms with Crippen molar-refractivity contribution in [2.24, 2.45) is 0 Å². The lowest BCUT2D eigenvalue weighted by Gasteiger charge is -2.41. The van der Waals surface area contributed by atoms with Crippen molar-refractivity contribution in [3.8, 4) is 5.88 Å². The van der Waals surface area contributed by atoms with Gasteiger partial charge in [-0.2, -0.15) is 70.8 Å². The Bertz CT molecular complexity index is 839. The van der Waals surface area contributed by atoms with E-state index in [9.17, 15) is 65.9 Å². The Kier molecular flexibility index (Phi) is 7.05. The van der Waals surface area contributed by atoms with Crippen LogP contribution in [0.2, 0.25) is 0 Å². The van der Waals surface area contributed by atoms with Gasteiger partial charge in [-0.25, -0.2) is 4.98 Å². The fourth-order valence-electron chi connectivity index (χ4n) is 1.78. The molecule has 0 atom stereocenters. The molecule has 32 heavy (non-hydrogen) atoms. The lowest BCUT2D eigenvalue weighted by Crippen LogP contribution is -2.73. The third-order valence-electron chi connectivity index (χ3n) is 3.62. The van der Waals surface area contributed by atoms with Crippen LogP contribution in [0.3, 0.4) is 0 Å². The second kappa shape index (κ2) is 7.96. The van der Waals surface area contributed by atoms with Crippen molar-refractivity contribution in [2.45, 2.75) is 48.6 Å². The predicted octanol–water partition coefficient (Wildman–Crippen LogP) is 6.30. The van der Waals surface area contributed by atoms with E-state index in [0.717, 1.165) is 13.1 Å². The highest BCUT2D eigenvalue weighted by Gasteiger charge is 2.93. The molecule has 0 spiro atoms. The van der Waals surface area contributed by atoms with Crippen molar-refractivity contribution in [1.82, 2.24) is 9.97 Å². The van der Waals surface area contributed by atoms with Crippen LogP contribution in [0.5, 0.6) is 5.88 Å². The van der Waals surface area contributed by atoms with Crippen LogP contribution in [0.1, 0.15) is 5.82 Å². The van der Waals surface area contributed by atoms with Gasteiger partial charge in [0.1, 0.15) is 5.82 Å². The van der Waals surface area contributed by atoms with Crippen LogP contribution in [0.4, 0.5) is 65.9 Å². The topological polar surface area (TPSA) is 35.0 Å². The van der Waals surface area contributed by atoms with Crippen LogP contribution in [0.15, 0.2) is 10.7 Å². The molecule has 0 aliphatic rings. The highest BCUT2D eigenvalue weighted by atomic mass is 79.9. The summed E-state index contributed by atoms with van der Waals surface area (Å²) in [4.78, 5) is 6.66. The quantitative estimate of drug-likeness (QED) is 0.344. The summed E-state index contributed by atoms with van der Waals surface area (Å²) in [5.74, 6) is -48.3. The molecule has 0 aliphatic carbocycles. The lowest BCUT2D eigenvalue weighted by atomic mass is 9.91. The smallest absolute Gasteiger partial charge is 0.460 e. The zero-order valence-corrected chi connectivity index (χ0v) is 16.2. The van der Waals surface area contributed by atoms with E-state index in [-0.39, 0.29) is 5.82 Å². The summed E-state index contributed by atoms with van der Waals surface area (Å²) in [5.41, 5.74) is 0. The molecule has 0 amide bonds. The molecule has 0 radical (unpaired) electrons. The molecule has 0 unspecified atom stereocenters. The summed E-state index contributed by atoms with van der Waals surface area (Å²) >= 11 is 2.55. The molecule has 0 saturated heterocycles. The number of rotatable bonds is 8. The largest absolute Gasteiger partial charge is 0.470 e. The van der Waals surface area contributed by atoms with E-state index in [1.54, 1.807) is 0 Å². The maximum Gasteiger partial charge on any atom is 0.460 e. The van der Waals surface area contributed by atoms with Crippen LogP contribution in [-0.4, -0.2) is 58.3 Å². The Labute approximate surface area is 175 Å². The number of halogens is 16. The number of hydrogen-bond acceptors (Lipinski definition) is 3. The molecule has 0 aromatic carbocycles. The zero-order valence-electron chi connectivity index (χ0n) is 14.6. The maximum absolute atomic E-state index is 13.7. The van der Waals surface area contributed by atoms with Crippen LogP contribution in [0, 0.1) is 6.92 Å². The van der Waals surface area contributed by atoms with Gasteiger partial charge in [-0.1, -0.05) is 0 Å². The third-order valence-corrected chi connectivity index (χ3v) is 4.16. The summed E-state index contributed by atoms with van der Waals surface area (Å²) in [6.45, 7) is -1.88. The van der Waals surface area contributed by atoms with Crippen molar-refractivity contribution in [3.05, 3.63) is 16.5 Å². The van der Waals surface area contributed by atoms with E-state index < -0.39 is 58.7 Å². The van der Waals surface area contributed by atoms with Gasteiger partial charge in [0, 0.05) is 6.20 Å². The first-order chi connectivity index (χ1) is 13.9. The average Bonchev–Trinajstić information content (AvgIpc) is 2.60. The van der Waals surface area contributed by atoms with E-state index in [2.05, 4.69) is 30.6 Å². The number of alkyl halides is 15. The first-order valence-corrected chi connectivity index (χ1v) is 8.13. The predicted molar refractivity (Wildman–Crippen MR) is 75.7 cm³/mol. The van der Waals surface area contributed by atoms with Crippen LogP contribution >= 0.6 is 15.9 Å². The Balaban J connectivity index is 3.40. The van der Waals surface area contributed by atoms with Gasteiger partial charge in [0.2, 0.25) is 5.88 Å². The molecule has 1 heterocycles. The van der Waals surface area contributed by atoms with Crippen LogP contribution in [0.25, 0.3) is 0 Å². The summed E-state index contributed by atoms with van der Waals surface area (Å²) in [5, 5.41) is 0. The third kappa shape index (κ3) is 4.15. The van der Waals surface area contributed by atoms with Gasteiger partial charge in [0.15, 0.2) is 6.61 Å². The van der Waals surface area contributed by atoms with Crippen molar-refractivity contribution in [3.63, 3.8) is 0 Å². The first-order valence-electron chi connectivity index (χ1n) is 7.34. The van der Waals surface area contributed by atoms with Crippen LogP contribution in [-0.2, 0) is 0 Å². The lowest BCUT2D eigenvalue weighted by molar-refractivity contribution is -0.453. The summed E-state index contributed by atoms with van der Waals surface area (Å²) in [6.07, 6.45) is -6.87. The monoisotopic (exact) mass is 570 g/mol. The highest BCUT2D eigenvalue weighted by Crippen LogP contribution is 2.62. The average molecular weight is 571 g/mol. The summed E-state index contributed by atoms with van der Waals surface area (Å²) in [6, 6.07) is 0. The molecule has 19 heteroatoms. The fourth-order valence-corrected chi connectivity index (χ4v) is 2.09. The second-order valence-electron chi connectivity index (χ2n) is 5.93. The normalized spacial score (nSPS) is 15.2. The van der Waals surface area contributed by atoms with Crippen molar-refractivity contribution < 1.29 is 70.6 Å². The SMILES string of the molecule is Cc1ncc(Br)c(OCC(F)(F)C(F)(F)C(F)(F)C(F)(F)C(F)(F)C(F)(F)C(F)(F)F)n1. The number of ether oxygens (including phenoxy) is 1. The molecule has 1 aromatic heterocycles. The Morgan fingerprint density at radius 3 is 1.56 bits per heavy atom.